The van der Waals surface area contributed by atoms with Crippen molar-refractivity contribution in [1.29, 1.82) is 0 Å². The fourth-order valence-electron chi connectivity index (χ4n) is 3.66. The Balaban J connectivity index is 2.40. The molecule has 1 rings (SSSR count). The summed E-state index contributed by atoms with van der Waals surface area (Å²) >= 11 is 0. The molecule has 20 heavy (non-hydrogen) atoms. The van der Waals surface area contributed by atoms with Crippen molar-refractivity contribution in [2.45, 2.75) is 73.6 Å². The van der Waals surface area contributed by atoms with Crippen LogP contribution in [-0.2, 0) is 4.79 Å². The Labute approximate surface area is 126 Å². The molecule has 0 aromatic rings. The molecule has 0 bridgehead atoms. The van der Waals surface area contributed by atoms with E-state index in [4.69, 9.17) is 0 Å². The van der Waals surface area contributed by atoms with Crippen LogP contribution < -0.4 is 5.32 Å². The van der Waals surface area contributed by atoms with Crippen molar-refractivity contribution in [1.82, 2.24) is 5.32 Å². The predicted molar refractivity (Wildman–Crippen MR) is 86.5 cm³/mol. The molecule has 1 unspecified atom stereocenters. The average Bonchev–Trinajstić information content (AvgIpc) is 2.36. The Morgan fingerprint density at radius 1 is 1.15 bits per heavy atom. The molecule has 2 nitrogen and oxygen atoms in total. The molecule has 1 aliphatic carbocycles. The Morgan fingerprint density at radius 3 is 2.10 bits per heavy atom. The van der Waals surface area contributed by atoms with Gasteiger partial charge < -0.3 is 5.32 Å². The minimum atomic E-state index is 0.178. The predicted octanol–water partition coefficient (Wildman–Crippen LogP) is 4.64. The fourth-order valence-corrected chi connectivity index (χ4v) is 3.66. The van der Waals surface area contributed by atoms with Gasteiger partial charge >= 0.3 is 0 Å². The zero-order valence-corrected chi connectivity index (χ0v) is 14.5. The Morgan fingerprint density at radius 2 is 1.70 bits per heavy atom. The monoisotopic (exact) mass is 281 g/mol. The van der Waals surface area contributed by atoms with Crippen molar-refractivity contribution in [3.05, 3.63) is 0 Å². The minimum absolute atomic E-state index is 0.178. The standard InChI is InChI=1S/C18H35NO/c1-7-16(13(2)3)14-8-10-15(11-9-14)17(20)19-12-18(4,5)6/h13-16H,7-12H2,1-6H3,(H,19,20). The van der Waals surface area contributed by atoms with Crippen LogP contribution in [0.5, 0.6) is 0 Å². The first-order valence-electron chi connectivity index (χ1n) is 8.52. The highest BCUT2D eigenvalue weighted by Gasteiger charge is 2.31. The van der Waals surface area contributed by atoms with Crippen molar-refractivity contribution in [3.63, 3.8) is 0 Å². The third-order valence-corrected chi connectivity index (χ3v) is 4.87. The third kappa shape index (κ3) is 5.46. The molecule has 1 N–H and O–H groups in total. The minimum Gasteiger partial charge on any atom is -0.355 e. The highest BCUT2D eigenvalue weighted by Crippen LogP contribution is 2.38. The highest BCUT2D eigenvalue weighted by molar-refractivity contribution is 5.78. The van der Waals surface area contributed by atoms with Gasteiger partial charge in [0.15, 0.2) is 0 Å². The molecule has 0 saturated heterocycles. The van der Waals surface area contributed by atoms with Gasteiger partial charge in [0.2, 0.25) is 5.91 Å². The van der Waals surface area contributed by atoms with Gasteiger partial charge in [-0.25, -0.2) is 0 Å². The van der Waals surface area contributed by atoms with Crippen molar-refractivity contribution in [2.75, 3.05) is 6.54 Å². The zero-order chi connectivity index (χ0) is 15.3. The Hall–Kier alpha value is -0.530. The smallest absolute Gasteiger partial charge is 0.223 e. The van der Waals surface area contributed by atoms with Crippen LogP contribution in [-0.4, -0.2) is 12.5 Å². The summed E-state index contributed by atoms with van der Waals surface area (Å²) < 4.78 is 0. The van der Waals surface area contributed by atoms with Crippen molar-refractivity contribution >= 4 is 5.91 Å². The van der Waals surface area contributed by atoms with Crippen LogP contribution in [0.1, 0.15) is 73.6 Å². The fraction of sp³-hybridized carbons (Fsp3) is 0.944. The second kappa shape index (κ2) is 7.47. The van der Waals surface area contributed by atoms with Crippen LogP contribution >= 0.6 is 0 Å². The highest BCUT2D eigenvalue weighted by atomic mass is 16.1. The molecule has 1 aliphatic rings. The molecule has 2 heteroatoms. The van der Waals surface area contributed by atoms with Gasteiger partial charge in [0, 0.05) is 12.5 Å². The van der Waals surface area contributed by atoms with E-state index in [0.29, 0.717) is 0 Å². The SMILES string of the molecule is CCC(C(C)C)C1CCC(C(=O)NCC(C)(C)C)CC1. The third-order valence-electron chi connectivity index (χ3n) is 4.87. The number of nitrogens with one attached hydrogen (secondary N) is 1. The van der Waals surface area contributed by atoms with Gasteiger partial charge in [0.05, 0.1) is 0 Å². The van der Waals surface area contributed by atoms with E-state index in [2.05, 4.69) is 46.9 Å². The molecule has 0 aromatic heterocycles. The van der Waals surface area contributed by atoms with Gasteiger partial charge in [-0.05, 0) is 48.9 Å². The van der Waals surface area contributed by atoms with Crippen molar-refractivity contribution in [2.24, 2.45) is 29.1 Å². The number of hydrogen-bond donors (Lipinski definition) is 1. The normalized spacial score (nSPS) is 25.6. The van der Waals surface area contributed by atoms with Gasteiger partial charge in [0.1, 0.15) is 0 Å². The average molecular weight is 281 g/mol. The van der Waals surface area contributed by atoms with Crippen molar-refractivity contribution < 1.29 is 4.79 Å². The quantitative estimate of drug-likeness (QED) is 0.781. The lowest BCUT2D eigenvalue weighted by Crippen LogP contribution is -2.38. The lowest BCUT2D eigenvalue weighted by atomic mass is 9.71. The maximum atomic E-state index is 12.2. The molecule has 0 aromatic carbocycles. The number of rotatable bonds is 5. The van der Waals surface area contributed by atoms with Crippen LogP contribution in [0.15, 0.2) is 0 Å². The summed E-state index contributed by atoms with van der Waals surface area (Å²) in [6.45, 7) is 14.3. The summed E-state index contributed by atoms with van der Waals surface area (Å²) in [5.74, 6) is 3.01. The first-order valence-corrected chi connectivity index (χ1v) is 8.52. The van der Waals surface area contributed by atoms with E-state index in [1.54, 1.807) is 0 Å². The molecule has 0 radical (unpaired) electrons. The van der Waals surface area contributed by atoms with E-state index in [0.717, 1.165) is 37.1 Å². The van der Waals surface area contributed by atoms with E-state index >= 15 is 0 Å². The molecule has 1 amide bonds. The second-order valence-electron chi connectivity index (χ2n) is 8.21. The summed E-state index contributed by atoms with van der Waals surface area (Å²) in [7, 11) is 0. The van der Waals surface area contributed by atoms with Crippen LogP contribution in [0.2, 0.25) is 0 Å². The van der Waals surface area contributed by atoms with Gasteiger partial charge in [-0.3, -0.25) is 4.79 Å². The number of hydrogen-bond acceptors (Lipinski definition) is 1. The van der Waals surface area contributed by atoms with Gasteiger partial charge in [-0.1, -0.05) is 48.0 Å². The second-order valence-corrected chi connectivity index (χ2v) is 8.21. The lowest BCUT2D eigenvalue weighted by molar-refractivity contribution is -0.126. The summed E-state index contributed by atoms with van der Waals surface area (Å²) in [6.07, 6.45) is 5.94. The summed E-state index contributed by atoms with van der Waals surface area (Å²) in [5.41, 5.74) is 0.178. The summed E-state index contributed by atoms with van der Waals surface area (Å²) in [6, 6.07) is 0. The Bertz CT molecular complexity index is 295. The van der Waals surface area contributed by atoms with Crippen LogP contribution in [0.3, 0.4) is 0 Å². The van der Waals surface area contributed by atoms with Crippen molar-refractivity contribution in [3.8, 4) is 0 Å². The van der Waals surface area contributed by atoms with E-state index in [9.17, 15) is 4.79 Å². The topological polar surface area (TPSA) is 29.1 Å². The maximum absolute atomic E-state index is 12.2. The number of amides is 1. The lowest BCUT2D eigenvalue weighted by Gasteiger charge is -2.35. The molecule has 0 spiro atoms. The van der Waals surface area contributed by atoms with E-state index in [1.165, 1.54) is 19.3 Å². The van der Waals surface area contributed by atoms with E-state index in [1.807, 2.05) is 0 Å². The molecule has 118 valence electrons. The van der Waals surface area contributed by atoms with Gasteiger partial charge in [-0.2, -0.15) is 0 Å². The maximum Gasteiger partial charge on any atom is 0.223 e. The number of carbonyl (C=O) groups is 1. The largest absolute Gasteiger partial charge is 0.355 e. The molecular formula is C18H35NO. The first-order chi connectivity index (χ1) is 9.24. The molecular weight excluding hydrogens is 246 g/mol. The summed E-state index contributed by atoms with van der Waals surface area (Å²) in [5, 5.41) is 3.13. The van der Waals surface area contributed by atoms with E-state index in [-0.39, 0.29) is 17.2 Å². The zero-order valence-electron chi connectivity index (χ0n) is 14.5. The molecule has 1 atom stereocenters. The Kier molecular flexibility index (Phi) is 6.54. The van der Waals surface area contributed by atoms with Gasteiger partial charge in [-0.15, -0.1) is 0 Å². The molecule has 0 heterocycles. The number of carbonyl (C=O) groups excluding carboxylic acids is 1. The van der Waals surface area contributed by atoms with Crippen LogP contribution in [0, 0.1) is 29.1 Å². The molecule has 1 saturated carbocycles. The van der Waals surface area contributed by atoms with Gasteiger partial charge in [0.25, 0.3) is 0 Å². The first kappa shape index (κ1) is 17.5. The summed E-state index contributed by atoms with van der Waals surface area (Å²) in [4.78, 5) is 12.2. The van der Waals surface area contributed by atoms with Crippen LogP contribution in [0.25, 0.3) is 0 Å². The molecule has 0 aliphatic heterocycles. The van der Waals surface area contributed by atoms with E-state index < -0.39 is 0 Å². The van der Waals surface area contributed by atoms with Crippen LogP contribution in [0.4, 0.5) is 0 Å². The molecule has 1 fully saturated rings.